The van der Waals surface area contributed by atoms with Crippen molar-refractivity contribution in [3.05, 3.63) is 106 Å². The average molecular weight is 364 g/mol. The predicted molar refractivity (Wildman–Crippen MR) is 107 cm³/mol. The van der Waals surface area contributed by atoms with E-state index in [1.807, 2.05) is 48.6 Å². The van der Waals surface area contributed by atoms with Crippen molar-refractivity contribution in [2.24, 2.45) is 0 Å². The van der Waals surface area contributed by atoms with Crippen LogP contribution in [0.1, 0.15) is 43.0 Å². The number of nitrogens with zero attached hydrogens (tertiary/aromatic N) is 2. The average Bonchev–Trinajstić information content (AvgIpc) is 2.98. The van der Waals surface area contributed by atoms with Gasteiger partial charge in [0.1, 0.15) is 0 Å². The number of carbonyl (C=O) groups excluding carboxylic acids is 2. The van der Waals surface area contributed by atoms with E-state index in [0.29, 0.717) is 16.7 Å². The van der Waals surface area contributed by atoms with Gasteiger partial charge < -0.3 is 0 Å². The molecule has 4 rings (SSSR count). The van der Waals surface area contributed by atoms with Crippen LogP contribution < -0.4 is 0 Å². The molecular weight excluding hydrogens is 348 g/mol. The number of amides is 2. The third kappa shape index (κ3) is 3.34. The van der Waals surface area contributed by atoms with Crippen LogP contribution in [-0.4, -0.2) is 16.7 Å². The standard InChI is InChI=1S/C24H16N2O2/c25-15-19-12-9-17(10-13-19)8-11-18-4-3-5-20(14-18)16-26-23(27)21-6-1-2-7-22(21)24(26)28/h1-14H,16H2/b11-8+. The van der Waals surface area contributed by atoms with Gasteiger partial charge in [-0.05, 0) is 47.0 Å². The predicted octanol–water partition coefficient (Wildman–Crippen LogP) is 4.52. The highest BCUT2D eigenvalue weighted by atomic mass is 16.2. The molecule has 2 amide bonds. The molecule has 0 atom stereocenters. The molecule has 0 aromatic heterocycles. The number of carbonyl (C=O) groups is 2. The quantitative estimate of drug-likeness (QED) is 0.505. The zero-order chi connectivity index (χ0) is 19.5. The molecule has 0 bridgehead atoms. The molecule has 0 unspecified atom stereocenters. The number of hydrogen-bond donors (Lipinski definition) is 0. The number of fused-ring (bicyclic) bond motifs is 1. The summed E-state index contributed by atoms with van der Waals surface area (Å²) >= 11 is 0. The first-order valence-corrected chi connectivity index (χ1v) is 8.88. The van der Waals surface area contributed by atoms with Gasteiger partial charge in [0.05, 0.1) is 29.3 Å². The fourth-order valence-corrected chi connectivity index (χ4v) is 3.22. The van der Waals surface area contributed by atoms with E-state index >= 15 is 0 Å². The molecule has 3 aromatic rings. The maximum atomic E-state index is 12.5. The van der Waals surface area contributed by atoms with Crippen LogP contribution in [-0.2, 0) is 6.54 Å². The molecule has 0 spiro atoms. The molecule has 0 saturated heterocycles. The highest BCUT2D eigenvalue weighted by molar-refractivity contribution is 6.21. The first kappa shape index (κ1) is 17.4. The maximum Gasteiger partial charge on any atom is 0.261 e. The Morgan fingerprint density at radius 3 is 2.07 bits per heavy atom. The molecule has 0 fully saturated rings. The van der Waals surface area contributed by atoms with Crippen LogP contribution in [0.2, 0.25) is 0 Å². The van der Waals surface area contributed by atoms with Crippen molar-refractivity contribution in [2.45, 2.75) is 6.54 Å². The van der Waals surface area contributed by atoms with Gasteiger partial charge >= 0.3 is 0 Å². The minimum absolute atomic E-state index is 0.241. The van der Waals surface area contributed by atoms with E-state index in [-0.39, 0.29) is 18.4 Å². The maximum absolute atomic E-state index is 12.5. The Hall–Kier alpha value is -3.97. The molecule has 3 aromatic carbocycles. The number of imide groups is 1. The molecule has 0 radical (unpaired) electrons. The van der Waals surface area contributed by atoms with Crippen molar-refractivity contribution >= 4 is 24.0 Å². The molecule has 4 heteroatoms. The van der Waals surface area contributed by atoms with E-state index in [1.54, 1.807) is 36.4 Å². The number of benzene rings is 3. The van der Waals surface area contributed by atoms with Gasteiger partial charge in [0.25, 0.3) is 11.8 Å². The topological polar surface area (TPSA) is 61.2 Å². The monoisotopic (exact) mass is 364 g/mol. The third-order valence-electron chi connectivity index (χ3n) is 4.68. The molecule has 1 aliphatic rings. The van der Waals surface area contributed by atoms with Crippen molar-refractivity contribution in [2.75, 3.05) is 0 Å². The summed E-state index contributed by atoms with van der Waals surface area (Å²) in [7, 11) is 0. The summed E-state index contributed by atoms with van der Waals surface area (Å²) < 4.78 is 0. The first-order valence-electron chi connectivity index (χ1n) is 8.88. The Kier molecular flexibility index (Phi) is 4.57. The zero-order valence-electron chi connectivity index (χ0n) is 15.0. The van der Waals surface area contributed by atoms with Crippen molar-refractivity contribution in [1.29, 1.82) is 5.26 Å². The van der Waals surface area contributed by atoms with E-state index < -0.39 is 0 Å². The minimum Gasteiger partial charge on any atom is -0.270 e. The van der Waals surface area contributed by atoms with Crippen LogP contribution in [0.25, 0.3) is 12.2 Å². The van der Waals surface area contributed by atoms with Crippen LogP contribution in [0.4, 0.5) is 0 Å². The molecular formula is C24H16N2O2. The largest absolute Gasteiger partial charge is 0.270 e. The van der Waals surface area contributed by atoms with Gasteiger partial charge in [-0.3, -0.25) is 14.5 Å². The molecule has 0 aliphatic carbocycles. The van der Waals surface area contributed by atoms with E-state index in [9.17, 15) is 9.59 Å². The fourth-order valence-electron chi connectivity index (χ4n) is 3.22. The summed E-state index contributed by atoms with van der Waals surface area (Å²) in [5.74, 6) is -0.502. The Labute approximate surface area is 163 Å². The van der Waals surface area contributed by atoms with Crippen LogP contribution in [0, 0.1) is 11.3 Å². The molecule has 0 N–H and O–H groups in total. The van der Waals surface area contributed by atoms with Gasteiger partial charge in [-0.1, -0.05) is 54.6 Å². The van der Waals surface area contributed by atoms with Crippen LogP contribution in [0.3, 0.4) is 0 Å². The first-order chi connectivity index (χ1) is 13.7. The SMILES string of the molecule is N#Cc1ccc(/C=C/c2cccc(CN3C(=O)c4ccccc4C3=O)c2)cc1. The number of nitriles is 1. The fraction of sp³-hybridized carbons (Fsp3) is 0.0417. The molecule has 1 heterocycles. The highest BCUT2D eigenvalue weighted by Gasteiger charge is 2.34. The highest BCUT2D eigenvalue weighted by Crippen LogP contribution is 2.24. The smallest absolute Gasteiger partial charge is 0.261 e. The van der Waals surface area contributed by atoms with Crippen LogP contribution in [0.15, 0.2) is 72.8 Å². The second-order valence-corrected chi connectivity index (χ2v) is 6.55. The van der Waals surface area contributed by atoms with Gasteiger partial charge in [-0.2, -0.15) is 5.26 Å². The molecule has 0 saturated carbocycles. The Morgan fingerprint density at radius 1 is 0.786 bits per heavy atom. The lowest BCUT2D eigenvalue weighted by Crippen LogP contribution is -2.29. The van der Waals surface area contributed by atoms with Crippen LogP contribution in [0.5, 0.6) is 0 Å². The molecule has 1 aliphatic heterocycles. The van der Waals surface area contributed by atoms with Crippen molar-refractivity contribution in [3.8, 4) is 6.07 Å². The second kappa shape index (κ2) is 7.34. The van der Waals surface area contributed by atoms with Gasteiger partial charge in [0.15, 0.2) is 0 Å². The van der Waals surface area contributed by atoms with Gasteiger partial charge in [-0.15, -0.1) is 0 Å². The van der Waals surface area contributed by atoms with Gasteiger partial charge in [-0.25, -0.2) is 0 Å². The lowest BCUT2D eigenvalue weighted by Gasteiger charge is -2.14. The van der Waals surface area contributed by atoms with Gasteiger partial charge in [0, 0.05) is 0 Å². The van der Waals surface area contributed by atoms with E-state index in [2.05, 4.69) is 6.07 Å². The Bertz CT molecular complexity index is 1100. The zero-order valence-corrected chi connectivity index (χ0v) is 15.0. The van der Waals surface area contributed by atoms with Crippen molar-refractivity contribution in [3.63, 3.8) is 0 Å². The Balaban J connectivity index is 1.52. The van der Waals surface area contributed by atoms with E-state index in [0.717, 1.165) is 16.7 Å². The van der Waals surface area contributed by atoms with Crippen molar-refractivity contribution < 1.29 is 9.59 Å². The van der Waals surface area contributed by atoms with Crippen molar-refractivity contribution in [1.82, 2.24) is 4.90 Å². The number of rotatable bonds is 4. The summed E-state index contributed by atoms with van der Waals surface area (Å²) in [6.45, 7) is 0.241. The lowest BCUT2D eigenvalue weighted by molar-refractivity contribution is 0.0642. The minimum atomic E-state index is -0.251. The summed E-state index contributed by atoms with van der Waals surface area (Å²) in [4.78, 5) is 26.3. The third-order valence-corrected chi connectivity index (χ3v) is 4.68. The second-order valence-electron chi connectivity index (χ2n) is 6.55. The van der Waals surface area contributed by atoms with Crippen LogP contribution >= 0.6 is 0 Å². The molecule has 134 valence electrons. The Morgan fingerprint density at radius 2 is 1.43 bits per heavy atom. The van der Waals surface area contributed by atoms with E-state index in [1.165, 1.54) is 4.90 Å². The lowest BCUT2D eigenvalue weighted by atomic mass is 10.1. The number of hydrogen-bond acceptors (Lipinski definition) is 3. The molecule has 4 nitrogen and oxygen atoms in total. The summed E-state index contributed by atoms with van der Waals surface area (Å²) in [6, 6.07) is 24.1. The summed E-state index contributed by atoms with van der Waals surface area (Å²) in [5.41, 5.74) is 4.40. The van der Waals surface area contributed by atoms with Gasteiger partial charge in [0.2, 0.25) is 0 Å². The normalized spacial score (nSPS) is 13.0. The molecule has 28 heavy (non-hydrogen) atoms. The summed E-state index contributed by atoms with van der Waals surface area (Å²) in [6.07, 6.45) is 3.93. The summed E-state index contributed by atoms with van der Waals surface area (Å²) in [5, 5.41) is 8.86. The van der Waals surface area contributed by atoms with E-state index in [4.69, 9.17) is 5.26 Å².